The maximum atomic E-state index is 13.2. The molecule has 1 N–H and O–H groups in total. The van der Waals surface area contributed by atoms with Crippen LogP contribution in [0.4, 0.5) is 4.39 Å². The summed E-state index contributed by atoms with van der Waals surface area (Å²) >= 11 is 6.08. The van der Waals surface area contributed by atoms with Crippen LogP contribution in [0.5, 0.6) is 11.5 Å². The van der Waals surface area contributed by atoms with Crippen molar-refractivity contribution in [3.63, 3.8) is 0 Å². The molecule has 0 bridgehead atoms. The van der Waals surface area contributed by atoms with Crippen LogP contribution in [-0.2, 0) is 19.6 Å². The molecule has 0 saturated carbocycles. The molecule has 0 aliphatic heterocycles. The van der Waals surface area contributed by atoms with Crippen molar-refractivity contribution >= 4 is 11.6 Å². The Balaban J connectivity index is 1.55. The Morgan fingerprint density at radius 1 is 0.893 bits per heavy atom. The Hall–Kier alpha value is -2.56. The average molecular weight is 400 g/mol. The average Bonchev–Trinajstić information content (AvgIpc) is 2.71. The van der Waals surface area contributed by atoms with Gasteiger partial charge in [-0.05, 0) is 42.8 Å². The minimum absolute atomic E-state index is 0.289. The van der Waals surface area contributed by atoms with Gasteiger partial charge < -0.3 is 14.8 Å². The predicted molar refractivity (Wildman–Crippen MR) is 111 cm³/mol. The van der Waals surface area contributed by atoms with Gasteiger partial charge in [-0.1, -0.05) is 54.1 Å². The summed E-state index contributed by atoms with van der Waals surface area (Å²) in [7, 11) is 1.69. The number of halogens is 2. The second kappa shape index (κ2) is 10.1. The number of rotatable bonds is 9. The minimum Gasteiger partial charge on any atom is -0.496 e. The molecule has 0 saturated heterocycles. The van der Waals surface area contributed by atoms with Crippen LogP contribution in [-0.4, -0.2) is 13.7 Å². The van der Waals surface area contributed by atoms with E-state index in [2.05, 4.69) is 11.4 Å². The van der Waals surface area contributed by atoms with Gasteiger partial charge in [0.1, 0.15) is 23.9 Å². The van der Waals surface area contributed by atoms with Crippen LogP contribution in [0.25, 0.3) is 0 Å². The van der Waals surface area contributed by atoms with Crippen LogP contribution in [0.15, 0.2) is 66.7 Å². The van der Waals surface area contributed by atoms with E-state index >= 15 is 0 Å². The summed E-state index contributed by atoms with van der Waals surface area (Å²) in [5.41, 5.74) is 2.98. The molecule has 0 aliphatic rings. The summed E-state index contributed by atoms with van der Waals surface area (Å²) in [5, 5.41) is 3.82. The van der Waals surface area contributed by atoms with E-state index in [4.69, 9.17) is 21.1 Å². The van der Waals surface area contributed by atoms with Gasteiger partial charge in [0.05, 0.1) is 12.1 Å². The highest BCUT2D eigenvalue weighted by atomic mass is 35.5. The van der Waals surface area contributed by atoms with Crippen molar-refractivity contribution in [3.8, 4) is 11.5 Å². The van der Waals surface area contributed by atoms with Crippen molar-refractivity contribution in [2.45, 2.75) is 19.6 Å². The molecule has 3 rings (SSSR count). The topological polar surface area (TPSA) is 30.5 Å². The zero-order valence-corrected chi connectivity index (χ0v) is 16.5. The van der Waals surface area contributed by atoms with Crippen molar-refractivity contribution in [2.24, 2.45) is 0 Å². The Morgan fingerprint density at radius 3 is 2.36 bits per heavy atom. The van der Waals surface area contributed by atoms with E-state index in [1.807, 2.05) is 42.5 Å². The molecule has 28 heavy (non-hydrogen) atoms. The lowest BCUT2D eigenvalue weighted by Gasteiger charge is -2.13. The molecule has 5 heteroatoms. The minimum atomic E-state index is -0.353. The normalized spacial score (nSPS) is 10.7. The molecule has 0 aliphatic carbocycles. The highest BCUT2D eigenvalue weighted by molar-refractivity contribution is 6.31. The molecule has 0 amide bonds. The smallest absolute Gasteiger partial charge is 0.124 e. The second-order valence-corrected chi connectivity index (χ2v) is 6.78. The van der Waals surface area contributed by atoms with Crippen molar-refractivity contribution < 1.29 is 13.9 Å². The molecule has 3 nitrogen and oxygen atoms in total. The fourth-order valence-corrected chi connectivity index (χ4v) is 3.16. The lowest BCUT2D eigenvalue weighted by atomic mass is 10.1. The van der Waals surface area contributed by atoms with Gasteiger partial charge in [-0.25, -0.2) is 4.39 Å². The van der Waals surface area contributed by atoms with Gasteiger partial charge in [0.25, 0.3) is 0 Å². The summed E-state index contributed by atoms with van der Waals surface area (Å²) in [6.07, 6.45) is 0.873. The lowest BCUT2D eigenvalue weighted by Crippen LogP contribution is -2.17. The van der Waals surface area contributed by atoms with E-state index in [-0.39, 0.29) is 12.4 Å². The van der Waals surface area contributed by atoms with Crippen LogP contribution in [0.2, 0.25) is 5.02 Å². The Morgan fingerprint density at radius 2 is 1.61 bits per heavy atom. The van der Waals surface area contributed by atoms with E-state index < -0.39 is 0 Å². The summed E-state index contributed by atoms with van der Waals surface area (Å²) in [4.78, 5) is 0. The third kappa shape index (κ3) is 5.47. The maximum absolute atomic E-state index is 13.2. The van der Waals surface area contributed by atoms with E-state index in [0.29, 0.717) is 11.6 Å². The maximum Gasteiger partial charge on any atom is 0.124 e. The number of para-hydroxylation sites is 2. The molecular weight excluding hydrogens is 377 g/mol. The molecule has 0 fully saturated rings. The summed E-state index contributed by atoms with van der Waals surface area (Å²) in [5.74, 6) is 1.34. The third-order valence-electron chi connectivity index (χ3n) is 4.45. The first kappa shape index (κ1) is 20.2. The fraction of sp³-hybridized carbons (Fsp3) is 0.217. The van der Waals surface area contributed by atoms with E-state index in [0.717, 1.165) is 35.6 Å². The van der Waals surface area contributed by atoms with Crippen LogP contribution in [0, 0.1) is 5.82 Å². The van der Waals surface area contributed by atoms with E-state index in [1.54, 1.807) is 13.2 Å². The fourth-order valence-electron chi connectivity index (χ4n) is 2.94. The summed E-state index contributed by atoms with van der Waals surface area (Å²) in [6, 6.07) is 20.2. The highest BCUT2D eigenvalue weighted by Crippen LogP contribution is 2.23. The zero-order chi connectivity index (χ0) is 19.8. The van der Waals surface area contributed by atoms with Gasteiger partial charge in [-0.3, -0.25) is 0 Å². The first-order valence-electron chi connectivity index (χ1n) is 9.14. The Kier molecular flexibility index (Phi) is 7.29. The molecular formula is C23H23ClFNO2. The van der Waals surface area contributed by atoms with Crippen LogP contribution >= 0.6 is 11.6 Å². The van der Waals surface area contributed by atoms with Gasteiger partial charge >= 0.3 is 0 Å². The van der Waals surface area contributed by atoms with Crippen LogP contribution in [0.1, 0.15) is 16.7 Å². The number of hydrogen-bond acceptors (Lipinski definition) is 3. The van der Waals surface area contributed by atoms with Crippen LogP contribution < -0.4 is 14.8 Å². The molecule has 146 valence electrons. The predicted octanol–water partition coefficient (Wildman–Crippen LogP) is 5.40. The van der Waals surface area contributed by atoms with Crippen molar-refractivity contribution in [1.82, 2.24) is 5.32 Å². The summed E-state index contributed by atoms with van der Waals surface area (Å²) in [6.45, 7) is 1.79. The van der Waals surface area contributed by atoms with Crippen LogP contribution in [0.3, 0.4) is 0 Å². The van der Waals surface area contributed by atoms with Gasteiger partial charge in [0.2, 0.25) is 0 Å². The van der Waals surface area contributed by atoms with Gasteiger partial charge in [-0.15, -0.1) is 0 Å². The van der Waals surface area contributed by atoms with Gasteiger partial charge in [-0.2, -0.15) is 0 Å². The van der Waals surface area contributed by atoms with Crippen molar-refractivity contribution in [3.05, 3.63) is 94.3 Å². The monoisotopic (exact) mass is 399 g/mol. The highest BCUT2D eigenvalue weighted by Gasteiger charge is 2.07. The first-order chi connectivity index (χ1) is 13.7. The third-order valence-corrected chi connectivity index (χ3v) is 4.80. The van der Waals surface area contributed by atoms with Gasteiger partial charge in [0, 0.05) is 17.7 Å². The standard InChI is InChI=1S/C23H23ClFNO2/c1-27-22-8-4-2-6-17(22)12-13-26-15-18-7-3-5-9-23(18)28-16-19-10-11-20(25)14-21(19)24/h2-11,14,26H,12-13,15-16H2,1H3. The largest absolute Gasteiger partial charge is 0.496 e. The number of nitrogens with one attached hydrogen (secondary N) is 1. The molecule has 0 spiro atoms. The molecule has 0 atom stereocenters. The molecule has 0 unspecified atom stereocenters. The summed E-state index contributed by atoms with van der Waals surface area (Å²) < 4.78 is 24.5. The van der Waals surface area contributed by atoms with Gasteiger partial charge in [0.15, 0.2) is 0 Å². The second-order valence-electron chi connectivity index (χ2n) is 6.37. The number of hydrogen-bond donors (Lipinski definition) is 1. The molecule has 3 aromatic carbocycles. The lowest BCUT2D eigenvalue weighted by molar-refractivity contribution is 0.302. The molecule has 0 radical (unpaired) electrons. The molecule has 0 aromatic heterocycles. The number of ether oxygens (including phenoxy) is 2. The molecule has 3 aromatic rings. The number of benzene rings is 3. The SMILES string of the molecule is COc1ccccc1CCNCc1ccccc1OCc1ccc(F)cc1Cl. The van der Waals surface area contributed by atoms with E-state index in [1.165, 1.54) is 17.7 Å². The quantitative estimate of drug-likeness (QED) is 0.489. The Labute approximate surface area is 170 Å². The number of methoxy groups -OCH3 is 1. The Bertz CT molecular complexity index is 917. The van der Waals surface area contributed by atoms with Crippen molar-refractivity contribution in [1.29, 1.82) is 0 Å². The first-order valence-corrected chi connectivity index (χ1v) is 9.52. The zero-order valence-electron chi connectivity index (χ0n) is 15.8. The molecule has 0 heterocycles. The van der Waals surface area contributed by atoms with E-state index in [9.17, 15) is 4.39 Å². The van der Waals surface area contributed by atoms with Crippen molar-refractivity contribution in [2.75, 3.05) is 13.7 Å².